The molecular formula is C11H20N2O3S. The summed E-state index contributed by atoms with van der Waals surface area (Å²) < 4.78 is 30.2. The Morgan fingerprint density at radius 1 is 1.41 bits per heavy atom. The maximum atomic E-state index is 11.9. The van der Waals surface area contributed by atoms with E-state index in [4.69, 9.17) is 4.42 Å². The van der Waals surface area contributed by atoms with Crippen molar-refractivity contribution in [2.75, 3.05) is 25.9 Å². The van der Waals surface area contributed by atoms with Gasteiger partial charge >= 0.3 is 0 Å². The third-order valence-electron chi connectivity index (χ3n) is 2.40. The van der Waals surface area contributed by atoms with Crippen LogP contribution in [0.4, 0.5) is 0 Å². The third-order valence-corrected chi connectivity index (χ3v) is 4.20. The Morgan fingerprint density at radius 2 is 2.18 bits per heavy atom. The molecule has 0 saturated carbocycles. The summed E-state index contributed by atoms with van der Waals surface area (Å²) >= 11 is 0. The van der Waals surface area contributed by atoms with Gasteiger partial charge in [-0.2, -0.15) is 4.31 Å². The number of hydrogen-bond acceptors (Lipinski definition) is 4. The highest BCUT2D eigenvalue weighted by atomic mass is 32.2. The summed E-state index contributed by atoms with van der Waals surface area (Å²) in [7, 11) is -1.64. The summed E-state index contributed by atoms with van der Waals surface area (Å²) in [6.07, 6.45) is 2.54. The van der Waals surface area contributed by atoms with Crippen molar-refractivity contribution >= 4 is 10.0 Å². The zero-order valence-electron chi connectivity index (χ0n) is 10.3. The molecule has 1 rings (SSSR count). The topological polar surface area (TPSA) is 62.6 Å². The van der Waals surface area contributed by atoms with E-state index in [2.05, 4.69) is 5.32 Å². The Bertz CT molecular complexity index is 400. The second kappa shape index (κ2) is 6.78. The first-order valence-corrected chi connectivity index (χ1v) is 7.34. The fourth-order valence-electron chi connectivity index (χ4n) is 1.38. The molecule has 0 unspecified atom stereocenters. The largest absolute Gasteiger partial charge is 0.468 e. The van der Waals surface area contributed by atoms with Crippen LogP contribution in [0.2, 0.25) is 0 Å². The van der Waals surface area contributed by atoms with Gasteiger partial charge in [0.1, 0.15) is 5.76 Å². The van der Waals surface area contributed by atoms with E-state index in [9.17, 15) is 8.42 Å². The van der Waals surface area contributed by atoms with Crippen LogP contribution in [0.1, 0.15) is 19.1 Å². The number of furan rings is 1. The van der Waals surface area contributed by atoms with Crippen LogP contribution in [-0.2, 0) is 16.6 Å². The lowest BCUT2D eigenvalue weighted by Gasteiger charge is -2.15. The van der Waals surface area contributed by atoms with Crippen LogP contribution in [0.5, 0.6) is 0 Å². The van der Waals surface area contributed by atoms with Gasteiger partial charge in [0, 0.05) is 13.6 Å². The van der Waals surface area contributed by atoms with Crippen LogP contribution < -0.4 is 5.32 Å². The highest BCUT2D eigenvalue weighted by Gasteiger charge is 2.18. The van der Waals surface area contributed by atoms with Crippen molar-refractivity contribution < 1.29 is 12.8 Å². The summed E-state index contributed by atoms with van der Waals surface area (Å²) in [6, 6.07) is 3.51. The zero-order valence-corrected chi connectivity index (χ0v) is 11.2. The van der Waals surface area contributed by atoms with Crippen LogP contribution in [0.3, 0.4) is 0 Å². The Balaban J connectivity index is 2.41. The summed E-state index contributed by atoms with van der Waals surface area (Å²) in [4.78, 5) is 0. The Hall–Kier alpha value is -0.850. The van der Waals surface area contributed by atoms with Crippen LogP contribution in [0.25, 0.3) is 0 Å². The number of sulfonamides is 1. The average molecular weight is 260 g/mol. The molecule has 0 spiro atoms. The minimum Gasteiger partial charge on any atom is -0.468 e. The number of nitrogens with one attached hydrogen (secondary N) is 1. The maximum absolute atomic E-state index is 11.9. The van der Waals surface area contributed by atoms with Gasteiger partial charge in [0.15, 0.2) is 0 Å². The summed E-state index contributed by atoms with van der Waals surface area (Å²) in [5.74, 6) is 0.766. The zero-order chi connectivity index (χ0) is 12.7. The lowest BCUT2D eigenvalue weighted by atomic mass is 10.4. The maximum Gasteiger partial charge on any atom is 0.215 e. The molecule has 0 radical (unpaired) electrons. The fraction of sp³-hybridized carbons (Fsp3) is 0.636. The van der Waals surface area contributed by atoms with E-state index in [1.807, 2.05) is 6.92 Å². The Labute approximate surface area is 103 Å². The summed E-state index contributed by atoms with van der Waals surface area (Å²) in [6.45, 7) is 3.66. The molecule has 0 aromatic carbocycles. The Morgan fingerprint density at radius 3 is 2.76 bits per heavy atom. The molecule has 0 aliphatic rings. The van der Waals surface area contributed by atoms with E-state index < -0.39 is 10.0 Å². The molecular weight excluding hydrogens is 240 g/mol. The lowest BCUT2D eigenvalue weighted by Crippen LogP contribution is -2.33. The minimum atomic E-state index is -3.21. The van der Waals surface area contributed by atoms with Crippen molar-refractivity contribution in [3.05, 3.63) is 24.2 Å². The fourth-order valence-corrected chi connectivity index (χ4v) is 2.42. The monoisotopic (exact) mass is 260 g/mol. The minimum absolute atomic E-state index is 0.115. The molecule has 98 valence electrons. The van der Waals surface area contributed by atoms with Crippen molar-refractivity contribution in [1.82, 2.24) is 9.62 Å². The second-order valence-corrected chi connectivity index (χ2v) is 6.10. The molecule has 1 N–H and O–H groups in total. The van der Waals surface area contributed by atoms with Gasteiger partial charge in [-0.15, -0.1) is 0 Å². The van der Waals surface area contributed by atoms with Crippen molar-refractivity contribution in [3.63, 3.8) is 0 Å². The van der Waals surface area contributed by atoms with Gasteiger partial charge in [0.25, 0.3) is 0 Å². The van der Waals surface area contributed by atoms with Crippen molar-refractivity contribution in [3.8, 4) is 0 Å². The van der Waals surface area contributed by atoms with Gasteiger partial charge in [-0.3, -0.25) is 0 Å². The molecule has 0 amide bonds. The smallest absolute Gasteiger partial charge is 0.215 e. The second-order valence-electron chi connectivity index (χ2n) is 3.90. The third kappa shape index (κ3) is 4.89. The van der Waals surface area contributed by atoms with Crippen molar-refractivity contribution in [2.45, 2.75) is 19.9 Å². The van der Waals surface area contributed by atoms with Crippen molar-refractivity contribution in [1.29, 1.82) is 0 Å². The average Bonchev–Trinajstić information content (AvgIpc) is 2.77. The van der Waals surface area contributed by atoms with Crippen LogP contribution in [0.15, 0.2) is 22.8 Å². The van der Waals surface area contributed by atoms with E-state index >= 15 is 0 Å². The number of rotatable bonds is 8. The first-order valence-electron chi connectivity index (χ1n) is 5.73. The molecule has 5 nitrogen and oxygen atoms in total. The molecule has 17 heavy (non-hydrogen) atoms. The van der Waals surface area contributed by atoms with Crippen LogP contribution >= 0.6 is 0 Å². The highest BCUT2D eigenvalue weighted by Crippen LogP contribution is 2.07. The van der Waals surface area contributed by atoms with Gasteiger partial charge in [0.05, 0.1) is 18.6 Å². The van der Waals surface area contributed by atoms with Gasteiger partial charge in [-0.1, -0.05) is 6.92 Å². The van der Waals surface area contributed by atoms with E-state index in [-0.39, 0.29) is 12.3 Å². The quantitative estimate of drug-likeness (QED) is 0.709. The lowest BCUT2D eigenvalue weighted by molar-refractivity contribution is 0.406. The van der Waals surface area contributed by atoms with Gasteiger partial charge in [-0.05, 0) is 25.1 Å². The predicted octanol–water partition coefficient (Wildman–Crippen LogP) is 1.04. The molecule has 1 heterocycles. The van der Waals surface area contributed by atoms with E-state index in [1.165, 1.54) is 4.31 Å². The molecule has 1 aromatic rings. The molecule has 0 bridgehead atoms. The summed E-state index contributed by atoms with van der Waals surface area (Å²) in [5, 5.41) is 3.08. The summed E-state index contributed by atoms with van der Waals surface area (Å²) in [5.41, 5.74) is 0. The predicted molar refractivity (Wildman–Crippen MR) is 67.1 cm³/mol. The molecule has 0 atom stereocenters. The standard InChI is InChI=1S/C11H20N2O3S/c1-3-6-12-7-9-17(14,15)13(2)10-11-5-4-8-16-11/h4-5,8,12H,3,6-7,9-10H2,1-2H3. The first-order chi connectivity index (χ1) is 8.06. The van der Waals surface area contributed by atoms with E-state index in [0.717, 1.165) is 13.0 Å². The molecule has 0 fully saturated rings. The Kier molecular flexibility index (Phi) is 5.67. The van der Waals surface area contributed by atoms with Crippen LogP contribution in [0, 0.1) is 0 Å². The SMILES string of the molecule is CCCNCCS(=O)(=O)N(C)Cc1ccco1. The van der Waals surface area contributed by atoms with E-state index in [1.54, 1.807) is 25.4 Å². The molecule has 0 aliphatic carbocycles. The number of hydrogen-bond donors (Lipinski definition) is 1. The van der Waals surface area contributed by atoms with E-state index in [0.29, 0.717) is 12.3 Å². The molecule has 0 saturated heterocycles. The van der Waals surface area contributed by atoms with Gasteiger partial charge in [-0.25, -0.2) is 8.42 Å². The number of nitrogens with zero attached hydrogens (tertiary/aromatic N) is 1. The highest BCUT2D eigenvalue weighted by molar-refractivity contribution is 7.89. The first kappa shape index (κ1) is 14.2. The molecule has 1 aromatic heterocycles. The van der Waals surface area contributed by atoms with Gasteiger partial charge in [0.2, 0.25) is 10.0 Å². The molecule has 6 heteroatoms. The van der Waals surface area contributed by atoms with Crippen molar-refractivity contribution in [2.24, 2.45) is 0 Å². The van der Waals surface area contributed by atoms with Gasteiger partial charge < -0.3 is 9.73 Å². The molecule has 0 aliphatic heterocycles. The normalized spacial score (nSPS) is 12.2. The van der Waals surface area contributed by atoms with Crippen LogP contribution in [-0.4, -0.2) is 38.6 Å².